The van der Waals surface area contributed by atoms with E-state index in [1.54, 1.807) is 12.1 Å². The molecule has 1 aliphatic heterocycles. The number of nitrogens with zero attached hydrogens (tertiary/aromatic N) is 2. The van der Waals surface area contributed by atoms with Crippen molar-refractivity contribution in [2.75, 3.05) is 13.1 Å². The monoisotopic (exact) mass is 311 g/mol. The van der Waals surface area contributed by atoms with Gasteiger partial charge in [0.25, 0.3) is 0 Å². The summed E-state index contributed by atoms with van der Waals surface area (Å²) in [6.07, 6.45) is 1.99. The van der Waals surface area contributed by atoms with Crippen LogP contribution in [0.4, 0.5) is 0 Å². The molecule has 0 amide bonds. The van der Waals surface area contributed by atoms with E-state index in [2.05, 4.69) is 22.4 Å². The van der Waals surface area contributed by atoms with Crippen molar-refractivity contribution in [1.82, 2.24) is 15.5 Å². The molecule has 1 fully saturated rings. The quantitative estimate of drug-likeness (QED) is 0.919. The predicted molar refractivity (Wildman–Crippen MR) is 79.2 cm³/mol. The van der Waals surface area contributed by atoms with Crippen molar-refractivity contribution in [2.24, 2.45) is 0 Å². The zero-order valence-electron chi connectivity index (χ0n) is 11.1. The first kappa shape index (κ1) is 13.9. The van der Waals surface area contributed by atoms with Gasteiger partial charge in [-0.25, -0.2) is 0 Å². The molecule has 0 bridgehead atoms. The highest BCUT2D eigenvalue weighted by Crippen LogP contribution is 2.33. The van der Waals surface area contributed by atoms with Gasteiger partial charge < -0.3 is 9.84 Å². The number of halogens is 2. The van der Waals surface area contributed by atoms with Gasteiger partial charge in [-0.3, -0.25) is 0 Å². The molecule has 0 spiro atoms. The van der Waals surface area contributed by atoms with Crippen LogP contribution in [0.5, 0.6) is 0 Å². The minimum Gasteiger partial charge on any atom is -0.338 e. The van der Waals surface area contributed by atoms with E-state index < -0.39 is 0 Å². The van der Waals surface area contributed by atoms with E-state index in [9.17, 15) is 0 Å². The lowest BCUT2D eigenvalue weighted by Crippen LogP contribution is -2.37. The summed E-state index contributed by atoms with van der Waals surface area (Å²) in [4.78, 5) is 4.54. The number of rotatable bonds is 2. The predicted octanol–water partition coefficient (Wildman–Crippen LogP) is 3.68. The minimum absolute atomic E-state index is 0.0489. The molecule has 106 valence electrons. The van der Waals surface area contributed by atoms with E-state index >= 15 is 0 Å². The first-order valence-electron chi connectivity index (χ1n) is 6.59. The molecule has 1 saturated heterocycles. The van der Waals surface area contributed by atoms with Crippen molar-refractivity contribution in [2.45, 2.75) is 25.2 Å². The number of benzene rings is 1. The summed E-state index contributed by atoms with van der Waals surface area (Å²) in [6, 6.07) is 5.33. The first-order chi connectivity index (χ1) is 9.58. The number of nitrogens with one attached hydrogen (secondary N) is 1. The lowest BCUT2D eigenvalue weighted by molar-refractivity contribution is 0.241. The molecule has 0 aliphatic carbocycles. The molecule has 6 heteroatoms. The van der Waals surface area contributed by atoms with E-state index in [-0.39, 0.29) is 5.41 Å². The van der Waals surface area contributed by atoms with Gasteiger partial charge in [0.2, 0.25) is 11.7 Å². The van der Waals surface area contributed by atoms with Gasteiger partial charge in [-0.05, 0) is 44.1 Å². The van der Waals surface area contributed by atoms with Crippen molar-refractivity contribution in [3.05, 3.63) is 34.1 Å². The van der Waals surface area contributed by atoms with Gasteiger partial charge in [0.15, 0.2) is 0 Å². The maximum Gasteiger partial charge on any atom is 0.232 e. The minimum atomic E-state index is -0.0489. The Labute approximate surface area is 127 Å². The average molecular weight is 312 g/mol. The van der Waals surface area contributed by atoms with Crippen LogP contribution < -0.4 is 5.32 Å². The Hall–Kier alpha value is -1.10. The van der Waals surface area contributed by atoms with Crippen molar-refractivity contribution < 1.29 is 4.52 Å². The van der Waals surface area contributed by atoms with Crippen LogP contribution in [0, 0.1) is 0 Å². The highest BCUT2D eigenvalue weighted by atomic mass is 35.5. The molecule has 0 saturated carbocycles. The second kappa shape index (κ2) is 5.35. The van der Waals surface area contributed by atoms with Crippen LogP contribution in [0.3, 0.4) is 0 Å². The molecule has 2 aromatic rings. The highest BCUT2D eigenvalue weighted by molar-refractivity contribution is 6.42. The van der Waals surface area contributed by atoms with Crippen LogP contribution in [-0.4, -0.2) is 23.2 Å². The molecular weight excluding hydrogens is 297 g/mol. The molecule has 0 atom stereocenters. The maximum atomic E-state index is 6.02. The van der Waals surface area contributed by atoms with E-state index in [0.717, 1.165) is 31.5 Å². The van der Waals surface area contributed by atoms with E-state index in [0.29, 0.717) is 21.8 Å². The Balaban J connectivity index is 1.91. The summed E-state index contributed by atoms with van der Waals surface area (Å²) in [5.74, 6) is 1.25. The number of aromatic nitrogens is 2. The summed E-state index contributed by atoms with van der Waals surface area (Å²) < 4.78 is 5.47. The smallest absolute Gasteiger partial charge is 0.232 e. The average Bonchev–Trinajstić information content (AvgIpc) is 2.93. The molecule has 0 radical (unpaired) electrons. The number of hydrogen-bond acceptors (Lipinski definition) is 4. The largest absolute Gasteiger partial charge is 0.338 e. The van der Waals surface area contributed by atoms with Crippen LogP contribution in [-0.2, 0) is 5.41 Å². The lowest BCUT2D eigenvalue weighted by atomic mass is 9.81. The van der Waals surface area contributed by atoms with Crippen LogP contribution in [0.15, 0.2) is 22.7 Å². The van der Waals surface area contributed by atoms with Crippen LogP contribution >= 0.6 is 23.2 Å². The van der Waals surface area contributed by atoms with E-state index in [1.807, 2.05) is 6.07 Å². The van der Waals surface area contributed by atoms with E-state index in [4.69, 9.17) is 27.7 Å². The summed E-state index contributed by atoms with van der Waals surface area (Å²) in [7, 11) is 0. The maximum absolute atomic E-state index is 6.02. The van der Waals surface area contributed by atoms with Gasteiger partial charge in [0.1, 0.15) is 0 Å². The van der Waals surface area contributed by atoms with Crippen LogP contribution in [0.2, 0.25) is 10.0 Å². The molecule has 0 unspecified atom stereocenters. The van der Waals surface area contributed by atoms with Gasteiger partial charge in [-0.1, -0.05) is 35.3 Å². The van der Waals surface area contributed by atoms with Gasteiger partial charge in [0, 0.05) is 11.0 Å². The van der Waals surface area contributed by atoms with Crippen molar-refractivity contribution >= 4 is 23.2 Å². The fraction of sp³-hybridized carbons (Fsp3) is 0.429. The molecule has 1 aliphatic rings. The van der Waals surface area contributed by atoms with Crippen molar-refractivity contribution in [3.63, 3.8) is 0 Å². The summed E-state index contributed by atoms with van der Waals surface area (Å²) in [6.45, 7) is 4.11. The standard InChI is InChI=1S/C14H15Cl2N3O/c1-14(4-6-17-7-5-14)13-18-12(19-20-13)9-2-3-10(15)11(16)8-9/h2-3,8,17H,4-7H2,1H3. The Bertz CT molecular complexity index is 621. The molecule has 2 heterocycles. The second-order valence-electron chi connectivity index (χ2n) is 5.36. The molecular formula is C14H15Cl2N3O. The summed E-state index contributed by atoms with van der Waals surface area (Å²) in [5.41, 5.74) is 0.763. The van der Waals surface area contributed by atoms with Gasteiger partial charge in [0.05, 0.1) is 10.0 Å². The lowest BCUT2D eigenvalue weighted by Gasteiger charge is -2.30. The Morgan fingerprint density at radius 2 is 1.95 bits per heavy atom. The number of hydrogen-bond donors (Lipinski definition) is 1. The van der Waals surface area contributed by atoms with Crippen LogP contribution in [0.25, 0.3) is 11.4 Å². The zero-order chi connectivity index (χ0) is 14.2. The second-order valence-corrected chi connectivity index (χ2v) is 6.18. The molecule has 1 N–H and O–H groups in total. The third kappa shape index (κ3) is 2.55. The molecule has 3 rings (SSSR count). The molecule has 1 aromatic heterocycles. The highest BCUT2D eigenvalue weighted by Gasteiger charge is 2.34. The molecule has 1 aromatic carbocycles. The van der Waals surface area contributed by atoms with E-state index in [1.165, 1.54) is 0 Å². The number of piperidine rings is 1. The first-order valence-corrected chi connectivity index (χ1v) is 7.34. The third-order valence-electron chi connectivity index (χ3n) is 3.83. The topological polar surface area (TPSA) is 51.0 Å². The van der Waals surface area contributed by atoms with Gasteiger partial charge in [-0.2, -0.15) is 4.98 Å². The SMILES string of the molecule is CC1(c2nc(-c3ccc(Cl)c(Cl)c3)no2)CCNCC1. The summed E-state index contributed by atoms with van der Waals surface area (Å²) >= 11 is 11.9. The Morgan fingerprint density at radius 3 is 2.65 bits per heavy atom. The molecule has 4 nitrogen and oxygen atoms in total. The van der Waals surface area contributed by atoms with Gasteiger partial charge >= 0.3 is 0 Å². The fourth-order valence-corrected chi connectivity index (χ4v) is 2.71. The summed E-state index contributed by atoms with van der Waals surface area (Å²) in [5, 5.41) is 8.42. The third-order valence-corrected chi connectivity index (χ3v) is 4.57. The zero-order valence-corrected chi connectivity index (χ0v) is 12.6. The van der Waals surface area contributed by atoms with Crippen molar-refractivity contribution in [1.29, 1.82) is 0 Å². The van der Waals surface area contributed by atoms with Gasteiger partial charge in [-0.15, -0.1) is 0 Å². The van der Waals surface area contributed by atoms with Crippen LogP contribution in [0.1, 0.15) is 25.7 Å². The Kier molecular flexibility index (Phi) is 3.71. The normalized spacial score (nSPS) is 18.1. The van der Waals surface area contributed by atoms with Crippen molar-refractivity contribution in [3.8, 4) is 11.4 Å². The Morgan fingerprint density at radius 1 is 1.20 bits per heavy atom. The fourth-order valence-electron chi connectivity index (χ4n) is 2.41. The molecule has 20 heavy (non-hydrogen) atoms.